The Morgan fingerprint density at radius 2 is 2.00 bits per heavy atom. The number of halogens is 1. The summed E-state index contributed by atoms with van der Waals surface area (Å²) >= 11 is 7.61. The molecule has 0 aliphatic heterocycles. The maximum Gasteiger partial charge on any atom is 0.205 e. The van der Waals surface area contributed by atoms with Crippen molar-refractivity contribution < 1.29 is 9.47 Å². The number of nitrogens with one attached hydrogen (secondary N) is 1. The number of anilines is 2. The van der Waals surface area contributed by atoms with Gasteiger partial charge in [0, 0.05) is 17.0 Å². The average molecular weight is 341 g/mol. The number of benzene rings is 1. The summed E-state index contributed by atoms with van der Waals surface area (Å²) in [7, 11) is 0. The Labute approximate surface area is 137 Å². The number of nitrogen functional groups attached to an aromatic ring is 1. The number of hydrazone groups is 1. The summed E-state index contributed by atoms with van der Waals surface area (Å²) in [4.78, 5) is 4.04. The van der Waals surface area contributed by atoms with Gasteiger partial charge >= 0.3 is 0 Å². The first-order chi connectivity index (χ1) is 10.6. The Balaban J connectivity index is 2.17. The maximum absolute atomic E-state index is 6.24. The molecule has 22 heavy (non-hydrogen) atoms. The Morgan fingerprint density at radius 1 is 1.32 bits per heavy atom. The third-order valence-electron chi connectivity index (χ3n) is 2.55. The van der Waals surface area contributed by atoms with Crippen LogP contribution < -0.4 is 20.6 Å². The SMILES string of the molecule is CCOc1cc(Cl)c(C=NNc2nc(N)cs2)cc1OCC. The van der Waals surface area contributed by atoms with Crippen molar-refractivity contribution in [2.75, 3.05) is 24.4 Å². The van der Waals surface area contributed by atoms with Crippen LogP contribution in [0.2, 0.25) is 5.02 Å². The fraction of sp³-hybridized carbons (Fsp3) is 0.286. The summed E-state index contributed by atoms with van der Waals surface area (Å²) in [5, 5.41) is 6.97. The molecular weight excluding hydrogens is 324 g/mol. The van der Waals surface area contributed by atoms with Crippen LogP contribution in [0.15, 0.2) is 22.6 Å². The molecule has 6 nitrogen and oxygen atoms in total. The lowest BCUT2D eigenvalue weighted by Crippen LogP contribution is -2.00. The molecule has 0 saturated carbocycles. The number of nitrogens with two attached hydrogens (primary N) is 1. The van der Waals surface area contributed by atoms with Crippen LogP contribution in [0.1, 0.15) is 19.4 Å². The molecule has 0 aliphatic rings. The van der Waals surface area contributed by atoms with E-state index in [1.807, 2.05) is 13.8 Å². The van der Waals surface area contributed by atoms with E-state index in [1.54, 1.807) is 23.7 Å². The molecule has 0 bridgehead atoms. The summed E-state index contributed by atoms with van der Waals surface area (Å²) in [6.07, 6.45) is 1.60. The molecule has 2 rings (SSSR count). The molecule has 0 radical (unpaired) electrons. The number of rotatable bonds is 7. The Bertz CT molecular complexity index is 660. The van der Waals surface area contributed by atoms with Crippen molar-refractivity contribution in [2.24, 2.45) is 5.10 Å². The number of hydrogen-bond donors (Lipinski definition) is 2. The van der Waals surface area contributed by atoms with E-state index in [4.69, 9.17) is 26.8 Å². The monoisotopic (exact) mass is 340 g/mol. The van der Waals surface area contributed by atoms with E-state index in [0.717, 1.165) is 0 Å². The maximum atomic E-state index is 6.24. The molecule has 3 N–H and O–H groups in total. The molecule has 0 saturated heterocycles. The van der Waals surface area contributed by atoms with Crippen molar-refractivity contribution in [3.63, 3.8) is 0 Å². The molecule has 0 unspecified atom stereocenters. The molecule has 0 fully saturated rings. The van der Waals surface area contributed by atoms with Crippen LogP contribution in [0.25, 0.3) is 0 Å². The summed E-state index contributed by atoms with van der Waals surface area (Å²) < 4.78 is 11.1. The van der Waals surface area contributed by atoms with Crippen molar-refractivity contribution >= 4 is 40.1 Å². The van der Waals surface area contributed by atoms with Gasteiger partial charge in [-0.25, -0.2) is 4.98 Å². The van der Waals surface area contributed by atoms with E-state index in [-0.39, 0.29) is 0 Å². The minimum atomic E-state index is 0.459. The van der Waals surface area contributed by atoms with Gasteiger partial charge in [0.25, 0.3) is 0 Å². The highest BCUT2D eigenvalue weighted by molar-refractivity contribution is 7.14. The number of thiazole rings is 1. The number of aromatic nitrogens is 1. The molecule has 1 heterocycles. The van der Waals surface area contributed by atoms with Gasteiger partial charge in [0.1, 0.15) is 5.82 Å². The third-order valence-corrected chi connectivity index (χ3v) is 3.64. The van der Waals surface area contributed by atoms with Crippen molar-refractivity contribution in [3.8, 4) is 11.5 Å². The number of hydrogen-bond acceptors (Lipinski definition) is 7. The smallest absolute Gasteiger partial charge is 0.205 e. The van der Waals surface area contributed by atoms with Gasteiger partial charge in [-0.15, -0.1) is 11.3 Å². The van der Waals surface area contributed by atoms with Gasteiger partial charge in [0.05, 0.1) is 24.5 Å². The molecule has 1 aromatic carbocycles. The normalized spacial score (nSPS) is 10.9. The highest BCUT2D eigenvalue weighted by atomic mass is 35.5. The quantitative estimate of drug-likeness (QED) is 0.594. The molecule has 1 aromatic heterocycles. The molecule has 8 heteroatoms. The van der Waals surface area contributed by atoms with Crippen LogP contribution in [-0.4, -0.2) is 24.4 Å². The van der Waals surface area contributed by atoms with E-state index < -0.39 is 0 Å². The second-order valence-electron chi connectivity index (χ2n) is 4.13. The average Bonchev–Trinajstić information content (AvgIpc) is 2.89. The van der Waals surface area contributed by atoms with Gasteiger partial charge in [0.15, 0.2) is 11.5 Å². The van der Waals surface area contributed by atoms with Crippen LogP contribution in [0.5, 0.6) is 11.5 Å². The molecular formula is C14H17ClN4O2S. The summed E-state index contributed by atoms with van der Waals surface area (Å²) in [5.74, 6) is 1.71. The summed E-state index contributed by atoms with van der Waals surface area (Å²) in [5.41, 5.74) is 9.05. The Hall–Kier alpha value is -1.99. The first kappa shape index (κ1) is 16.4. The fourth-order valence-corrected chi connectivity index (χ4v) is 2.43. The second kappa shape index (κ2) is 7.86. The third kappa shape index (κ3) is 4.25. The van der Waals surface area contributed by atoms with Crippen molar-refractivity contribution in [1.29, 1.82) is 0 Å². The van der Waals surface area contributed by atoms with Crippen LogP contribution in [-0.2, 0) is 0 Å². The van der Waals surface area contributed by atoms with Crippen LogP contribution in [0.4, 0.5) is 10.9 Å². The van der Waals surface area contributed by atoms with Gasteiger partial charge in [-0.05, 0) is 19.9 Å². The zero-order valence-electron chi connectivity index (χ0n) is 12.3. The fourth-order valence-electron chi connectivity index (χ4n) is 1.68. The van der Waals surface area contributed by atoms with Crippen LogP contribution in [0, 0.1) is 0 Å². The number of ether oxygens (including phenoxy) is 2. The van der Waals surface area contributed by atoms with Gasteiger partial charge in [-0.2, -0.15) is 5.10 Å². The molecule has 0 amide bonds. The zero-order chi connectivity index (χ0) is 15.9. The van der Waals surface area contributed by atoms with Crippen LogP contribution in [0.3, 0.4) is 0 Å². The zero-order valence-corrected chi connectivity index (χ0v) is 13.9. The largest absolute Gasteiger partial charge is 0.490 e. The molecule has 0 atom stereocenters. The molecule has 2 aromatic rings. The molecule has 0 spiro atoms. The van der Waals surface area contributed by atoms with Crippen molar-refractivity contribution in [2.45, 2.75) is 13.8 Å². The van der Waals surface area contributed by atoms with Gasteiger partial charge in [0.2, 0.25) is 5.13 Å². The minimum absolute atomic E-state index is 0.459. The van der Waals surface area contributed by atoms with Crippen molar-refractivity contribution in [3.05, 3.63) is 28.1 Å². The first-order valence-corrected chi connectivity index (χ1v) is 7.99. The predicted octanol–water partition coefficient (Wildman–Crippen LogP) is 3.62. The van der Waals surface area contributed by atoms with E-state index in [1.165, 1.54) is 11.3 Å². The minimum Gasteiger partial charge on any atom is -0.490 e. The lowest BCUT2D eigenvalue weighted by Gasteiger charge is -2.12. The lowest BCUT2D eigenvalue weighted by molar-refractivity contribution is 0.288. The van der Waals surface area contributed by atoms with Gasteiger partial charge < -0.3 is 15.2 Å². The van der Waals surface area contributed by atoms with Crippen LogP contribution >= 0.6 is 22.9 Å². The predicted molar refractivity (Wildman–Crippen MR) is 91.5 cm³/mol. The van der Waals surface area contributed by atoms with E-state index in [2.05, 4.69) is 15.5 Å². The van der Waals surface area contributed by atoms with Gasteiger partial charge in [-0.3, -0.25) is 5.43 Å². The Kier molecular flexibility index (Phi) is 5.85. The van der Waals surface area contributed by atoms with E-state index in [0.29, 0.717) is 46.2 Å². The van der Waals surface area contributed by atoms with E-state index in [9.17, 15) is 0 Å². The van der Waals surface area contributed by atoms with Crippen molar-refractivity contribution in [1.82, 2.24) is 4.98 Å². The topological polar surface area (TPSA) is 81.8 Å². The lowest BCUT2D eigenvalue weighted by atomic mass is 10.2. The van der Waals surface area contributed by atoms with Gasteiger partial charge in [-0.1, -0.05) is 11.6 Å². The van der Waals surface area contributed by atoms with E-state index >= 15 is 0 Å². The standard InChI is InChI=1S/C14H17ClN4O2S/c1-3-20-11-5-9(10(15)6-12(11)21-4-2)7-17-19-14-18-13(16)8-22-14/h5-8H,3-4,16H2,1-2H3,(H,18,19). The summed E-state index contributed by atoms with van der Waals surface area (Å²) in [6, 6.07) is 3.51. The second-order valence-corrected chi connectivity index (χ2v) is 5.40. The molecule has 0 aliphatic carbocycles. The number of nitrogens with zero attached hydrogens (tertiary/aromatic N) is 2. The first-order valence-electron chi connectivity index (χ1n) is 6.73. The molecule has 118 valence electrons. The Morgan fingerprint density at radius 3 is 2.59 bits per heavy atom. The highest BCUT2D eigenvalue weighted by Crippen LogP contribution is 2.33. The highest BCUT2D eigenvalue weighted by Gasteiger charge is 2.09. The summed E-state index contributed by atoms with van der Waals surface area (Å²) in [6.45, 7) is 4.89.